The lowest BCUT2D eigenvalue weighted by Crippen LogP contribution is -2.46. The number of rotatable bonds is 3. The summed E-state index contributed by atoms with van der Waals surface area (Å²) in [7, 11) is 2.32. The maximum Gasteiger partial charge on any atom is 0.00989 e. The van der Waals surface area contributed by atoms with E-state index in [-0.39, 0.29) is 0 Å². The number of hydrogen-bond donors (Lipinski definition) is 1. The molecule has 104 valence electrons. The van der Waals surface area contributed by atoms with Crippen molar-refractivity contribution >= 4 is 0 Å². The fourth-order valence-electron chi connectivity index (χ4n) is 4.80. The van der Waals surface area contributed by atoms with Gasteiger partial charge in [-0.05, 0) is 51.0 Å². The van der Waals surface area contributed by atoms with Crippen LogP contribution in [0.25, 0.3) is 0 Å². The average Bonchev–Trinajstić information content (AvgIpc) is 2.63. The highest BCUT2D eigenvalue weighted by Crippen LogP contribution is 2.40. The van der Waals surface area contributed by atoms with Gasteiger partial charge in [0.15, 0.2) is 0 Å². The Kier molecular flexibility index (Phi) is 3.95. The van der Waals surface area contributed by atoms with E-state index >= 15 is 0 Å². The maximum absolute atomic E-state index is 6.56. The van der Waals surface area contributed by atoms with Gasteiger partial charge in [0, 0.05) is 18.1 Å². The molecule has 3 atom stereocenters. The van der Waals surface area contributed by atoms with Crippen LogP contribution in [0.2, 0.25) is 0 Å². The molecule has 0 spiro atoms. The van der Waals surface area contributed by atoms with Gasteiger partial charge in [0.25, 0.3) is 0 Å². The topological polar surface area (TPSA) is 29.3 Å². The minimum absolute atomic E-state index is 0.491. The molecule has 0 aromatic heterocycles. The number of fused-ring (bicyclic) bond motifs is 2. The molecular formula is C16H30N2. The Hall–Kier alpha value is -0.0800. The minimum Gasteiger partial charge on any atom is -0.327 e. The van der Waals surface area contributed by atoms with Crippen LogP contribution in [0.3, 0.4) is 0 Å². The van der Waals surface area contributed by atoms with Crippen LogP contribution in [0.5, 0.6) is 0 Å². The van der Waals surface area contributed by atoms with Gasteiger partial charge in [0.05, 0.1) is 0 Å². The number of hydrogen-bond acceptors (Lipinski definition) is 2. The van der Waals surface area contributed by atoms with Crippen LogP contribution < -0.4 is 5.73 Å². The Balaban J connectivity index is 1.52. The summed E-state index contributed by atoms with van der Waals surface area (Å²) in [6.07, 6.45) is 14.2. The van der Waals surface area contributed by atoms with E-state index < -0.39 is 0 Å². The third kappa shape index (κ3) is 2.60. The van der Waals surface area contributed by atoms with E-state index in [0.717, 1.165) is 23.9 Å². The minimum atomic E-state index is 0.491. The molecule has 0 radical (unpaired) electrons. The lowest BCUT2D eigenvalue weighted by molar-refractivity contribution is 0.112. The van der Waals surface area contributed by atoms with Crippen LogP contribution >= 0.6 is 0 Å². The van der Waals surface area contributed by atoms with Crippen molar-refractivity contribution in [3.05, 3.63) is 0 Å². The Bertz CT molecular complexity index is 258. The van der Waals surface area contributed by atoms with Crippen molar-refractivity contribution in [1.29, 1.82) is 0 Å². The van der Waals surface area contributed by atoms with Crippen LogP contribution in [-0.2, 0) is 0 Å². The summed E-state index contributed by atoms with van der Waals surface area (Å²) in [5.74, 6) is 1.77. The van der Waals surface area contributed by atoms with Crippen LogP contribution in [0.1, 0.15) is 64.2 Å². The van der Waals surface area contributed by atoms with E-state index in [1.807, 2.05) is 0 Å². The summed E-state index contributed by atoms with van der Waals surface area (Å²) in [6, 6.07) is 2.20. The summed E-state index contributed by atoms with van der Waals surface area (Å²) < 4.78 is 0. The van der Waals surface area contributed by atoms with Crippen molar-refractivity contribution < 1.29 is 0 Å². The summed E-state index contributed by atoms with van der Waals surface area (Å²) in [5.41, 5.74) is 6.56. The first-order chi connectivity index (χ1) is 8.74. The predicted molar refractivity (Wildman–Crippen MR) is 76.5 cm³/mol. The molecule has 1 saturated carbocycles. The summed E-state index contributed by atoms with van der Waals surface area (Å²) in [6.45, 7) is 0. The highest BCUT2D eigenvalue weighted by atomic mass is 15.2. The van der Waals surface area contributed by atoms with Crippen molar-refractivity contribution in [2.24, 2.45) is 17.6 Å². The first-order valence-electron chi connectivity index (χ1n) is 8.21. The molecule has 3 rings (SSSR count). The van der Waals surface area contributed by atoms with Crippen molar-refractivity contribution in [2.45, 2.75) is 82.3 Å². The van der Waals surface area contributed by atoms with Crippen molar-refractivity contribution in [3.63, 3.8) is 0 Å². The summed E-state index contributed by atoms with van der Waals surface area (Å²) in [4.78, 5) is 2.63. The molecule has 2 heteroatoms. The SMILES string of the molecule is CN1C2CCC1CC(C(N)CC1CCCCC1)C2. The first-order valence-corrected chi connectivity index (χ1v) is 8.21. The third-order valence-corrected chi connectivity index (χ3v) is 6.07. The zero-order valence-electron chi connectivity index (χ0n) is 12.0. The Morgan fingerprint density at radius 1 is 1.00 bits per heavy atom. The average molecular weight is 250 g/mol. The second kappa shape index (κ2) is 5.50. The van der Waals surface area contributed by atoms with E-state index in [0.29, 0.717) is 6.04 Å². The van der Waals surface area contributed by atoms with Gasteiger partial charge in [-0.15, -0.1) is 0 Å². The normalized spacial score (nSPS) is 40.0. The van der Waals surface area contributed by atoms with E-state index in [1.165, 1.54) is 64.2 Å². The fourth-order valence-corrected chi connectivity index (χ4v) is 4.80. The standard InChI is InChI=1S/C16H30N2/c1-18-14-7-8-15(18)11-13(10-14)16(17)9-12-5-3-2-4-6-12/h12-16H,2-11,17H2,1H3. The lowest BCUT2D eigenvalue weighted by Gasteiger charge is -2.39. The van der Waals surface area contributed by atoms with E-state index in [2.05, 4.69) is 11.9 Å². The molecule has 2 aliphatic heterocycles. The highest BCUT2D eigenvalue weighted by molar-refractivity contribution is 4.96. The van der Waals surface area contributed by atoms with Crippen LogP contribution in [0.4, 0.5) is 0 Å². The van der Waals surface area contributed by atoms with Gasteiger partial charge in [0.1, 0.15) is 0 Å². The molecule has 2 N–H and O–H groups in total. The number of piperidine rings is 1. The molecule has 0 amide bonds. The van der Waals surface area contributed by atoms with Crippen molar-refractivity contribution in [3.8, 4) is 0 Å². The molecular weight excluding hydrogens is 220 g/mol. The molecule has 2 nitrogen and oxygen atoms in total. The van der Waals surface area contributed by atoms with E-state index in [4.69, 9.17) is 5.73 Å². The van der Waals surface area contributed by atoms with Crippen LogP contribution in [0, 0.1) is 11.8 Å². The van der Waals surface area contributed by atoms with Crippen LogP contribution in [0.15, 0.2) is 0 Å². The van der Waals surface area contributed by atoms with Crippen LogP contribution in [-0.4, -0.2) is 30.1 Å². The summed E-state index contributed by atoms with van der Waals surface area (Å²) in [5, 5.41) is 0. The molecule has 18 heavy (non-hydrogen) atoms. The molecule has 2 bridgehead atoms. The molecule has 3 aliphatic rings. The smallest absolute Gasteiger partial charge is 0.00989 e. The zero-order valence-corrected chi connectivity index (χ0v) is 12.0. The fraction of sp³-hybridized carbons (Fsp3) is 1.00. The first kappa shape index (κ1) is 12.9. The van der Waals surface area contributed by atoms with Gasteiger partial charge in [-0.1, -0.05) is 32.1 Å². The molecule has 2 saturated heterocycles. The van der Waals surface area contributed by atoms with Gasteiger partial charge in [-0.25, -0.2) is 0 Å². The molecule has 0 aromatic carbocycles. The molecule has 2 heterocycles. The number of nitrogens with zero attached hydrogens (tertiary/aromatic N) is 1. The molecule has 3 unspecified atom stereocenters. The Morgan fingerprint density at radius 3 is 2.22 bits per heavy atom. The third-order valence-electron chi connectivity index (χ3n) is 6.07. The Morgan fingerprint density at radius 2 is 1.61 bits per heavy atom. The van der Waals surface area contributed by atoms with E-state index in [9.17, 15) is 0 Å². The second-order valence-electron chi connectivity index (χ2n) is 7.19. The monoisotopic (exact) mass is 250 g/mol. The quantitative estimate of drug-likeness (QED) is 0.833. The van der Waals surface area contributed by atoms with Crippen molar-refractivity contribution in [2.75, 3.05) is 7.05 Å². The maximum atomic E-state index is 6.56. The Labute approximate surface area is 112 Å². The number of nitrogens with two attached hydrogens (primary N) is 1. The predicted octanol–water partition coefficient (Wildman–Crippen LogP) is 3.16. The van der Waals surface area contributed by atoms with Gasteiger partial charge in [-0.2, -0.15) is 0 Å². The lowest BCUT2D eigenvalue weighted by atomic mass is 9.78. The van der Waals surface area contributed by atoms with Gasteiger partial charge < -0.3 is 10.6 Å². The van der Waals surface area contributed by atoms with Crippen molar-refractivity contribution in [1.82, 2.24) is 4.90 Å². The molecule has 1 aliphatic carbocycles. The largest absolute Gasteiger partial charge is 0.327 e. The molecule has 3 fully saturated rings. The van der Waals surface area contributed by atoms with Gasteiger partial charge in [-0.3, -0.25) is 0 Å². The van der Waals surface area contributed by atoms with E-state index in [1.54, 1.807) is 0 Å². The summed E-state index contributed by atoms with van der Waals surface area (Å²) >= 11 is 0. The van der Waals surface area contributed by atoms with Gasteiger partial charge >= 0.3 is 0 Å². The molecule has 0 aromatic rings. The zero-order chi connectivity index (χ0) is 12.5. The highest BCUT2D eigenvalue weighted by Gasteiger charge is 2.40. The second-order valence-corrected chi connectivity index (χ2v) is 7.19. The van der Waals surface area contributed by atoms with Gasteiger partial charge in [0.2, 0.25) is 0 Å².